The van der Waals surface area contributed by atoms with E-state index in [2.05, 4.69) is 25.7 Å². The van der Waals surface area contributed by atoms with Gasteiger partial charge in [-0.05, 0) is 57.1 Å². The highest BCUT2D eigenvalue weighted by molar-refractivity contribution is 5.65. The van der Waals surface area contributed by atoms with Gasteiger partial charge in [-0.15, -0.1) is 0 Å². The number of nitrogen functional groups attached to an aromatic ring is 2. The van der Waals surface area contributed by atoms with Crippen molar-refractivity contribution in [2.45, 2.75) is 52.5 Å². The SMILES string of the molecule is CCCCN(CCCC)C(C)COc1ccccc1Oc1ccc(N)c(N)c1. The van der Waals surface area contributed by atoms with E-state index in [9.17, 15) is 0 Å². The van der Waals surface area contributed by atoms with E-state index in [4.69, 9.17) is 20.9 Å². The average Bonchev–Trinajstić information content (AvgIpc) is 2.70. The maximum Gasteiger partial charge on any atom is 0.169 e. The summed E-state index contributed by atoms with van der Waals surface area (Å²) in [6, 6.07) is 13.4. The topological polar surface area (TPSA) is 73.7 Å². The van der Waals surface area contributed by atoms with Crippen molar-refractivity contribution in [3.05, 3.63) is 42.5 Å². The lowest BCUT2D eigenvalue weighted by molar-refractivity contribution is 0.140. The molecule has 0 radical (unpaired) electrons. The Bertz CT molecular complexity index is 713. The second kappa shape index (κ2) is 11.4. The van der Waals surface area contributed by atoms with Crippen LogP contribution in [0.5, 0.6) is 17.2 Å². The Balaban J connectivity index is 2.02. The third-order valence-electron chi connectivity index (χ3n) is 4.84. The minimum Gasteiger partial charge on any atom is -0.488 e. The summed E-state index contributed by atoms with van der Waals surface area (Å²) in [5, 5.41) is 0. The molecule has 2 aromatic carbocycles. The van der Waals surface area contributed by atoms with Crippen LogP contribution in [0.1, 0.15) is 46.5 Å². The molecule has 0 aliphatic heterocycles. The van der Waals surface area contributed by atoms with Crippen molar-refractivity contribution in [2.24, 2.45) is 0 Å². The fourth-order valence-corrected chi connectivity index (χ4v) is 2.99. The summed E-state index contributed by atoms with van der Waals surface area (Å²) >= 11 is 0. The van der Waals surface area contributed by atoms with Crippen molar-refractivity contribution in [1.29, 1.82) is 0 Å². The van der Waals surface area contributed by atoms with E-state index in [0.29, 0.717) is 35.5 Å². The predicted octanol–water partition coefficient (Wildman–Crippen LogP) is 5.31. The number of anilines is 2. The molecule has 2 rings (SSSR count). The monoisotopic (exact) mass is 385 g/mol. The van der Waals surface area contributed by atoms with Gasteiger partial charge in [0.15, 0.2) is 11.5 Å². The van der Waals surface area contributed by atoms with Crippen molar-refractivity contribution in [2.75, 3.05) is 31.2 Å². The van der Waals surface area contributed by atoms with Crippen LogP contribution in [0, 0.1) is 0 Å². The minimum atomic E-state index is 0.346. The molecular weight excluding hydrogens is 350 g/mol. The van der Waals surface area contributed by atoms with Crippen LogP contribution in [-0.4, -0.2) is 30.6 Å². The quantitative estimate of drug-likeness (QED) is 0.484. The smallest absolute Gasteiger partial charge is 0.169 e. The fraction of sp³-hybridized carbons (Fsp3) is 0.478. The molecule has 5 nitrogen and oxygen atoms in total. The molecule has 2 aromatic rings. The lowest BCUT2D eigenvalue weighted by Crippen LogP contribution is -2.38. The number of para-hydroxylation sites is 2. The average molecular weight is 386 g/mol. The summed E-state index contributed by atoms with van der Waals surface area (Å²) in [6.45, 7) is 9.55. The van der Waals surface area contributed by atoms with Gasteiger partial charge in [-0.1, -0.05) is 38.8 Å². The zero-order chi connectivity index (χ0) is 20.4. The maximum atomic E-state index is 6.14. The van der Waals surface area contributed by atoms with Gasteiger partial charge in [0.25, 0.3) is 0 Å². The van der Waals surface area contributed by atoms with Gasteiger partial charge in [0.05, 0.1) is 11.4 Å². The summed E-state index contributed by atoms with van der Waals surface area (Å²) in [7, 11) is 0. The van der Waals surface area contributed by atoms with Crippen molar-refractivity contribution < 1.29 is 9.47 Å². The van der Waals surface area contributed by atoms with Gasteiger partial charge in [0.1, 0.15) is 12.4 Å². The number of hydrogen-bond acceptors (Lipinski definition) is 5. The van der Waals surface area contributed by atoms with Gasteiger partial charge in [0, 0.05) is 12.1 Å². The van der Waals surface area contributed by atoms with Crippen LogP contribution in [0.25, 0.3) is 0 Å². The molecule has 0 saturated heterocycles. The molecule has 0 spiro atoms. The van der Waals surface area contributed by atoms with Gasteiger partial charge in [-0.3, -0.25) is 4.90 Å². The molecule has 4 N–H and O–H groups in total. The standard InChI is InChI=1S/C23H35N3O2/c1-4-6-14-26(15-7-5-2)18(3)17-27-22-10-8-9-11-23(22)28-19-12-13-20(24)21(25)16-19/h8-13,16,18H,4-7,14-15,17,24-25H2,1-3H3. The zero-order valence-corrected chi connectivity index (χ0v) is 17.5. The Labute approximate surface area is 169 Å². The van der Waals surface area contributed by atoms with E-state index in [-0.39, 0.29) is 0 Å². The Morgan fingerprint density at radius 1 is 0.893 bits per heavy atom. The first kappa shape index (κ1) is 21.9. The third kappa shape index (κ3) is 6.64. The Morgan fingerprint density at radius 3 is 2.14 bits per heavy atom. The number of hydrogen-bond donors (Lipinski definition) is 2. The van der Waals surface area contributed by atoms with E-state index < -0.39 is 0 Å². The van der Waals surface area contributed by atoms with Crippen LogP contribution < -0.4 is 20.9 Å². The van der Waals surface area contributed by atoms with Gasteiger partial charge < -0.3 is 20.9 Å². The molecule has 0 aliphatic rings. The Morgan fingerprint density at radius 2 is 1.54 bits per heavy atom. The van der Waals surface area contributed by atoms with Crippen LogP contribution in [-0.2, 0) is 0 Å². The molecule has 1 atom stereocenters. The van der Waals surface area contributed by atoms with Gasteiger partial charge in [-0.25, -0.2) is 0 Å². The molecule has 0 aliphatic carbocycles. The largest absolute Gasteiger partial charge is 0.488 e. The third-order valence-corrected chi connectivity index (χ3v) is 4.84. The van der Waals surface area contributed by atoms with E-state index in [0.717, 1.165) is 18.8 Å². The van der Waals surface area contributed by atoms with E-state index >= 15 is 0 Å². The molecular formula is C23H35N3O2. The summed E-state index contributed by atoms with van der Waals surface area (Å²) in [5.74, 6) is 2.05. The molecule has 154 valence electrons. The number of unbranched alkanes of at least 4 members (excludes halogenated alkanes) is 2. The number of benzene rings is 2. The zero-order valence-electron chi connectivity index (χ0n) is 17.5. The van der Waals surface area contributed by atoms with Crippen LogP contribution in [0.2, 0.25) is 0 Å². The highest BCUT2D eigenvalue weighted by Crippen LogP contribution is 2.33. The summed E-state index contributed by atoms with van der Waals surface area (Å²) in [4.78, 5) is 2.52. The van der Waals surface area contributed by atoms with Crippen molar-refractivity contribution >= 4 is 11.4 Å². The molecule has 5 heteroatoms. The summed E-state index contributed by atoms with van der Waals surface area (Å²) < 4.78 is 12.1. The number of rotatable bonds is 12. The van der Waals surface area contributed by atoms with E-state index in [1.54, 1.807) is 12.1 Å². The highest BCUT2D eigenvalue weighted by atomic mass is 16.5. The molecule has 28 heavy (non-hydrogen) atoms. The van der Waals surface area contributed by atoms with Crippen molar-refractivity contribution in [3.63, 3.8) is 0 Å². The van der Waals surface area contributed by atoms with Crippen LogP contribution in [0.4, 0.5) is 11.4 Å². The molecule has 0 fully saturated rings. The summed E-state index contributed by atoms with van der Waals surface area (Å²) in [6.07, 6.45) is 4.84. The molecule has 0 saturated carbocycles. The van der Waals surface area contributed by atoms with E-state index in [1.807, 2.05) is 30.3 Å². The van der Waals surface area contributed by atoms with Crippen LogP contribution >= 0.6 is 0 Å². The Kier molecular flexibility index (Phi) is 8.95. The maximum absolute atomic E-state index is 6.14. The molecule has 0 heterocycles. The van der Waals surface area contributed by atoms with Gasteiger partial charge in [-0.2, -0.15) is 0 Å². The first-order chi connectivity index (χ1) is 13.5. The van der Waals surface area contributed by atoms with Gasteiger partial charge >= 0.3 is 0 Å². The molecule has 0 aromatic heterocycles. The normalized spacial score (nSPS) is 12.1. The number of ether oxygens (including phenoxy) is 2. The lowest BCUT2D eigenvalue weighted by atomic mass is 10.2. The second-order valence-electron chi connectivity index (χ2n) is 7.24. The highest BCUT2D eigenvalue weighted by Gasteiger charge is 2.15. The van der Waals surface area contributed by atoms with Crippen molar-refractivity contribution in [3.8, 4) is 17.2 Å². The lowest BCUT2D eigenvalue weighted by Gasteiger charge is -2.29. The second-order valence-corrected chi connectivity index (χ2v) is 7.24. The van der Waals surface area contributed by atoms with E-state index in [1.165, 1.54) is 25.7 Å². The first-order valence-electron chi connectivity index (χ1n) is 10.3. The minimum absolute atomic E-state index is 0.346. The summed E-state index contributed by atoms with van der Waals surface area (Å²) in [5.41, 5.74) is 12.7. The van der Waals surface area contributed by atoms with Crippen molar-refractivity contribution in [1.82, 2.24) is 4.90 Å². The van der Waals surface area contributed by atoms with Crippen LogP contribution in [0.15, 0.2) is 42.5 Å². The fourth-order valence-electron chi connectivity index (χ4n) is 2.99. The molecule has 0 amide bonds. The molecule has 0 bridgehead atoms. The predicted molar refractivity (Wildman–Crippen MR) is 118 cm³/mol. The molecule has 1 unspecified atom stereocenters. The number of nitrogens with zero attached hydrogens (tertiary/aromatic N) is 1. The van der Waals surface area contributed by atoms with Gasteiger partial charge in [0.2, 0.25) is 0 Å². The van der Waals surface area contributed by atoms with Crippen LogP contribution in [0.3, 0.4) is 0 Å². The number of nitrogens with two attached hydrogens (primary N) is 2. The first-order valence-corrected chi connectivity index (χ1v) is 10.3. The Hall–Kier alpha value is -2.40.